The highest BCUT2D eigenvalue weighted by atomic mass is 32.2. The average molecular weight is 518 g/mol. The largest absolute Gasteiger partial charge is 0.481 e. The van der Waals surface area contributed by atoms with E-state index < -0.39 is 40.5 Å². The van der Waals surface area contributed by atoms with Gasteiger partial charge in [0, 0.05) is 9.49 Å². The third kappa shape index (κ3) is 8.26. The summed E-state index contributed by atoms with van der Waals surface area (Å²) in [6, 6.07) is 2.81. The van der Waals surface area contributed by atoms with E-state index in [1.165, 1.54) is 6.07 Å². The lowest BCUT2D eigenvalue weighted by atomic mass is 9.89. The average Bonchev–Trinajstić information content (AvgIpc) is 2.63. The van der Waals surface area contributed by atoms with Crippen LogP contribution in [0.15, 0.2) is 23.1 Å². The quantitative estimate of drug-likeness (QED) is 0.336. The number of hydrogen-bond acceptors (Lipinski definition) is 7. The predicted molar refractivity (Wildman–Crippen MR) is 131 cm³/mol. The van der Waals surface area contributed by atoms with E-state index >= 15 is 0 Å². The van der Waals surface area contributed by atoms with Crippen LogP contribution in [0, 0.1) is 13.8 Å². The van der Waals surface area contributed by atoms with Crippen LogP contribution in [-0.4, -0.2) is 63.5 Å². The van der Waals surface area contributed by atoms with E-state index in [2.05, 4.69) is 38.3 Å². The van der Waals surface area contributed by atoms with E-state index in [1.54, 1.807) is 37.7 Å². The fourth-order valence-electron chi connectivity index (χ4n) is 3.95. The Bertz CT molecular complexity index is 1020. The molecule has 6 N–H and O–H groups in total. The van der Waals surface area contributed by atoms with Crippen LogP contribution in [-0.2, 0) is 24.5 Å². The first-order valence-electron chi connectivity index (χ1n) is 10.6. The van der Waals surface area contributed by atoms with Gasteiger partial charge < -0.3 is 21.5 Å². The molecule has 1 heterocycles. The van der Waals surface area contributed by atoms with E-state index in [-0.39, 0.29) is 26.3 Å². The number of carbonyl (C=O) groups excluding carboxylic acids is 2. The molecule has 0 spiro atoms. The molecule has 0 saturated carbocycles. The smallest absolute Gasteiger partial charge is 0.305 e. The number of nitrogens with two attached hydrogens (primary N) is 1. The van der Waals surface area contributed by atoms with E-state index in [9.17, 15) is 22.8 Å². The first kappa shape index (κ1) is 29.9. The standard InChI is InChI=1S/C14H25N3O4S.C8H10O3S/c1-7(16-11(21)8(15)6-9(18)19)10(20)17-12-13(2,3)22-14(12,4)5;1-6-3-4-8(7(2)5-6)12(9,10)11/h7-8,12H,6,15H2,1-5H3,(H,16,21)(H,17,20)(H,18,19);3-5H,1-2H3,(H,9,10,11)/t7-,8+;/m1./s1. The van der Waals surface area contributed by atoms with E-state index in [0.717, 1.165) is 5.56 Å². The zero-order valence-electron chi connectivity index (χ0n) is 20.5. The van der Waals surface area contributed by atoms with Crippen molar-refractivity contribution in [3.05, 3.63) is 29.3 Å². The molecule has 12 heteroatoms. The van der Waals surface area contributed by atoms with Gasteiger partial charge in [0.1, 0.15) is 6.04 Å². The highest BCUT2D eigenvalue weighted by Gasteiger charge is 2.54. The highest BCUT2D eigenvalue weighted by molar-refractivity contribution is 8.03. The van der Waals surface area contributed by atoms with E-state index in [4.69, 9.17) is 15.4 Å². The number of hydrogen-bond donors (Lipinski definition) is 5. The fraction of sp³-hybridized carbons (Fsp3) is 0.591. The van der Waals surface area contributed by atoms with Gasteiger partial charge in [-0.05, 0) is 60.1 Å². The van der Waals surface area contributed by atoms with Crippen molar-refractivity contribution in [1.82, 2.24) is 10.6 Å². The van der Waals surface area contributed by atoms with Gasteiger partial charge in [-0.1, -0.05) is 17.7 Å². The number of carbonyl (C=O) groups is 3. The number of aryl methyl sites for hydroxylation is 2. The molecule has 1 aliphatic rings. The Morgan fingerprint density at radius 3 is 2.06 bits per heavy atom. The Kier molecular flexibility index (Phi) is 9.72. The fourth-order valence-corrected chi connectivity index (χ4v) is 6.76. The van der Waals surface area contributed by atoms with Crippen molar-refractivity contribution in [3.63, 3.8) is 0 Å². The number of nitrogens with one attached hydrogen (secondary N) is 2. The van der Waals surface area contributed by atoms with Crippen LogP contribution >= 0.6 is 11.8 Å². The van der Waals surface area contributed by atoms with Crippen LogP contribution in [0.25, 0.3) is 0 Å². The summed E-state index contributed by atoms with van der Waals surface area (Å²) >= 11 is 1.79. The lowest BCUT2D eigenvalue weighted by Crippen LogP contribution is -2.68. The van der Waals surface area contributed by atoms with Crippen molar-refractivity contribution < 1.29 is 32.5 Å². The summed E-state index contributed by atoms with van der Waals surface area (Å²) in [6.45, 7) is 13.3. The second-order valence-corrected chi connectivity index (χ2v) is 13.1. The Morgan fingerprint density at radius 2 is 1.65 bits per heavy atom. The summed E-state index contributed by atoms with van der Waals surface area (Å²) in [5.74, 6) is -2.11. The lowest BCUT2D eigenvalue weighted by Gasteiger charge is -2.57. The number of amides is 2. The normalized spacial score (nSPS) is 18.4. The Labute approximate surface area is 205 Å². The van der Waals surface area contributed by atoms with Crippen LogP contribution < -0.4 is 16.4 Å². The van der Waals surface area contributed by atoms with Crippen molar-refractivity contribution in [1.29, 1.82) is 0 Å². The summed E-state index contributed by atoms with van der Waals surface area (Å²) < 4.78 is 30.0. The van der Waals surface area contributed by atoms with Crippen LogP contribution in [0.1, 0.15) is 52.2 Å². The van der Waals surface area contributed by atoms with Gasteiger partial charge in [0.25, 0.3) is 10.1 Å². The highest BCUT2D eigenvalue weighted by Crippen LogP contribution is 2.54. The van der Waals surface area contributed by atoms with Gasteiger partial charge in [-0.15, -0.1) is 11.8 Å². The Balaban J connectivity index is 0.000000404. The monoisotopic (exact) mass is 517 g/mol. The maximum Gasteiger partial charge on any atom is 0.305 e. The molecule has 0 radical (unpaired) electrons. The molecule has 2 atom stereocenters. The second kappa shape index (κ2) is 11.1. The SMILES string of the molecule is C[C@@H](NC(=O)[C@@H](N)CC(=O)O)C(=O)NC1C(C)(C)SC1(C)C.Cc1ccc(S(=O)(=O)O)c(C)c1. The molecule has 10 nitrogen and oxygen atoms in total. The zero-order chi connectivity index (χ0) is 26.6. The molecule has 0 aromatic heterocycles. The van der Waals surface area contributed by atoms with Gasteiger partial charge >= 0.3 is 5.97 Å². The summed E-state index contributed by atoms with van der Waals surface area (Å²) in [7, 11) is -4.05. The molecule has 1 saturated heterocycles. The summed E-state index contributed by atoms with van der Waals surface area (Å²) in [5, 5.41) is 14.0. The summed E-state index contributed by atoms with van der Waals surface area (Å²) in [5.41, 5.74) is 7.00. The summed E-state index contributed by atoms with van der Waals surface area (Å²) in [4.78, 5) is 34.5. The number of benzene rings is 1. The molecule has 2 rings (SSSR count). The predicted octanol–water partition coefficient (Wildman–Crippen LogP) is 1.63. The number of thioether (sulfide) groups is 1. The van der Waals surface area contributed by atoms with Gasteiger partial charge in [-0.25, -0.2) is 0 Å². The van der Waals surface area contributed by atoms with Crippen molar-refractivity contribution >= 4 is 39.7 Å². The van der Waals surface area contributed by atoms with Crippen molar-refractivity contribution in [3.8, 4) is 0 Å². The van der Waals surface area contributed by atoms with Crippen LogP contribution in [0.3, 0.4) is 0 Å². The first-order chi connectivity index (χ1) is 15.3. The van der Waals surface area contributed by atoms with Crippen LogP contribution in [0.4, 0.5) is 0 Å². The molecule has 1 aromatic carbocycles. The van der Waals surface area contributed by atoms with E-state index in [1.807, 2.05) is 6.92 Å². The molecular formula is C22H35N3O7S2. The third-order valence-corrected chi connectivity index (χ3v) is 7.83. The van der Waals surface area contributed by atoms with Gasteiger partial charge in [0.05, 0.1) is 23.4 Å². The van der Waals surface area contributed by atoms with Crippen molar-refractivity contribution in [2.45, 2.75) is 87.4 Å². The number of aliphatic carboxylic acids is 1. The molecule has 2 amide bonds. The molecule has 0 unspecified atom stereocenters. The lowest BCUT2D eigenvalue weighted by molar-refractivity contribution is -0.139. The molecule has 0 bridgehead atoms. The summed E-state index contributed by atoms with van der Waals surface area (Å²) in [6.07, 6.45) is -0.473. The van der Waals surface area contributed by atoms with Crippen molar-refractivity contribution in [2.24, 2.45) is 5.73 Å². The second-order valence-electron chi connectivity index (χ2n) is 9.43. The van der Waals surface area contributed by atoms with Gasteiger partial charge in [0.15, 0.2) is 0 Å². The molecule has 1 aromatic rings. The zero-order valence-corrected chi connectivity index (χ0v) is 22.1. The van der Waals surface area contributed by atoms with Gasteiger partial charge in [0.2, 0.25) is 11.8 Å². The van der Waals surface area contributed by atoms with Gasteiger partial charge in [-0.3, -0.25) is 18.9 Å². The third-order valence-electron chi connectivity index (χ3n) is 5.29. The Hall–Kier alpha value is -2.15. The van der Waals surface area contributed by atoms with Gasteiger partial charge in [-0.2, -0.15) is 8.42 Å². The molecule has 1 fully saturated rings. The number of carboxylic acid groups (broad SMARTS) is 1. The maximum atomic E-state index is 12.2. The Morgan fingerprint density at radius 1 is 1.12 bits per heavy atom. The minimum Gasteiger partial charge on any atom is -0.481 e. The van der Waals surface area contributed by atoms with Crippen molar-refractivity contribution in [2.75, 3.05) is 0 Å². The van der Waals surface area contributed by atoms with Crippen LogP contribution in [0.5, 0.6) is 0 Å². The minimum absolute atomic E-state index is 0.00968. The molecule has 1 aliphatic heterocycles. The number of carboxylic acids is 1. The molecular weight excluding hydrogens is 482 g/mol. The maximum absolute atomic E-state index is 12.2. The number of rotatable bonds is 7. The van der Waals surface area contributed by atoms with Crippen LogP contribution in [0.2, 0.25) is 0 Å². The molecule has 0 aliphatic carbocycles. The molecule has 192 valence electrons. The van der Waals surface area contributed by atoms with E-state index in [0.29, 0.717) is 5.56 Å². The first-order valence-corrected chi connectivity index (χ1v) is 12.9. The topological polar surface area (TPSA) is 176 Å². The molecule has 34 heavy (non-hydrogen) atoms. The minimum atomic E-state index is -4.05.